The molecule has 24 heavy (non-hydrogen) atoms. The minimum absolute atomic E-state index is 0.00985. The van der Waals surface area contributed by atoms with Gasteiger partial charge in [0.15, 0.2) is 0 Å². The summed E-state index contributed by atoms with van der Waals surface area (Å²) < 4.78 is 0. The van der Waals surface area contributed by atoms with Gasteiger partial charge in [-0.2, -0.15) is 0 Å². The van der Waals surface area contributed by atoms with E-state index in [1.165, 1.54) is 0 Å². The smallest absolute Gasteiger partial charge is 0.299 e. The fraction of sp³-hybridized carbons (Fsp3) is 0.200. The summed E-state index contributed by atoms with van der Waals surface area (Å²) in [7, 11) is 0. The number of amides is 1. The van der Waals surface area contributed by atoms with Gasteiger partial charge in [-0.15, -0.1) is 0 Å². The zero-order valence-corrected chi connectivity index (χ0v) is 13.7. The van der Waals surface area contributed by atoms with E-state index in [4.69, 9.17) is 0 Å². The molecule has 1 amide bonds. The van der Waals surface area contributed by atoms with E-state index in [0.717, 1.165) is 34.3 Å². The van der Waals surface area contributed by atoms with Crippen molar-refractivity contribution < 1.29 is 9.59 Å². The van der Waals surface area contributed by atoms with Crippen LogP contribution in [0.1, 0.15) is 28.5 Å². The first-order valence-electron chi connectivity index (χ1n) is 8.11. The van der Waals surface area contributed by atoms with Crippen LogP contribution in [0.3, 0.4) is 0 Å². The van der Waals surface area contributed by atoms with Crippen molar-refractivity contribution in [1.82, 2.24) is 4.98 Å². The van der Waals surface area contributed by atoms with Gasteiger partial charge in [-0.3, -0.25) is 9.59 Å². The molecule has 1 N–H and O–H groups in total. The molecule has 0 aliphatic carbocycles. The monoisotopic (exact) mass is 318 g/mol. The molecular weight excluding hydrogens is 300 g/mol. The zero-order valence-electron chi connectivity index (χ0n) is 13.7. The summed E-state index contributed by atoms with van der Waals surface area (Å²) in [5.74, 6) is -0.909. The number of anilines is 1. The molecule has 0 radical (unpaired) electrons. The third-order valence-corrected chi connectivity index (χ3v) is 4.74. The quantitative estimate of drug-likeness (QED) is 0.579. The molecule has 0 spiro atoms. The van der Waals surface area contributed by atoms with E-state index < -0.39 is 11.7 Å². The SMILES string of the molecule is Cc1[nH]c2ccccc2c1C(=O)C(=O)N1c2ccccc2C[C@@H]1C. The molecule has 120 valence electrons. The minimum Gasteiger partial charge on any atom is -0.358 e. The highest BCUT2D eigenvalue weighted by atomic mass is 16.2. The summed E-state index contributed by atoms with van der Waals surface area (Å²) in [6.45, 7) is 3.81. The number of nitrogens with one attached hydrogen (secondary N) is 1. The Hall–Kier alpha value is -2.88. The molecular formula is C20H18N2O2. The van der Waals surface area contributed by atoms with E-state index in [9.17, 15) is 9.59 Å². The first kappa shape index (κ1) is 14.7. The van der Waals surface area contributed by atoms with Crippen LogP contribution < -0.4 is 4.90 Å². The fourth-order valence-corrected chi connectivity index (χ4v) is 3.66. The number of nitrogens with zero attached hydrogens (tertiary/aromatic N) is 1. The van der Waals surface area contributed by atoms with Gasteiger partial charge in [-0.25, -0.2) is 0 Å². The van der Waals surface area contributed by atoms with Crippen molar-refractivity contribution in [1.29, 1.82) is 0 Å². The third kappa shape index (κ3) is 2.07. The van der Waals surface area contributed by atoms with Crippen LogP contribution >= 0.6 is 0 Å². The number of hydrogen-bond donors (Lipinski definition) is 1. The van der Waals surface area contributed by atoms with Crippen molar-refractivity contribution >= 4 is 28.3 Å². The first-order chi connectivity index (χ1) is 11.6. The van der Waals surface area contributed by atoms with Gasteiger partial charge in [0.1, 0.15) is 0 Å². The van der Waals surface area contributed by atoms with E-state index in [2.05, 4.69) is 4.98 Å². The lowest BCUT2D eigenvalue weighted by molar-refractivity contribution is -0.115. The number of para-hydroxylation sites is 2. The summed E-state index contributed by atoms with van der Waals surface area (Å²) in [4.78, 5) is 30.8. The predicted molar refractivity (Wildman–Crippen MR) is 94.5 cm³/mol. The van der Waals surface area contributed by atoms with Crippen molar-refractivity contribution in [2.75, 3.05) is 4.90 Å². The summed E-state index contributed by atoms with van der Waals surface area (Å²) in [6, 6.07) is 15.4. The number of Topliss-reactive ketones (excluding diaryl/α,β-unsaturated/α-hetero) is 1. The van der Waals surface area contributed by atoms with Crippen molar-refractivity contribution in [3.63, 3.8) is 0 Å². The Bertz CT molecular complexity index is 971. The molecule has 4 nitrogen and oxygen atoms in total. The topological polar surface area (TPSA) is 53.2 Å². The normalized spacial score (nSPS) is 16.4. The highest BCUT2D eigenvalue weighted by Gasteiger charge is 2.35. The Balaban J connectivity index is 1.77. The lowest BCUT2D eigenvalue weighted by Crippen LogP contribution is -2.40. The molecule has 2 aromatic carbocycles. The number of aromatic amines is 1. The number of carbonyl (C=O) groups excluding carboxylic acids is 2. The summed E-state index contributed by atoms with van der Waals surface area (Å²) in [6.07, 6.45) is 0.780. The van der Waals surface area contributed by atoms with Gasteiger partial charge in [0.25, 0.3) is 11.7 Å². The number of H-pyrrole nitrogens is 1. The number of aromatic nitrogens is 1. The van der Waals surface area contributed by atoms with E-state index in [-0.39, 0.29) is 6.04 Å². The molecule has 0 fully saturated rings. The van der Waals surface area contributed by atoms with Gasteiger partial charge in [0, 0.05) is 28.3 Å². The molecule has 1 aliphatic rings. The number of benzene rings is 2. The maximum Gasteiger partial charge on any atom is 0.299 e. The molecule has 0 saturated heterocycles. The number of rotatable bonds is 2. The molecule has 1 aromatic heterocycles. The largest absolute Gasteiger partial charge is 0.358 e. The summed E-state index contributed by atoms with van der Waals surface area (Å²) >= 11 is 0. The van der Waals surface area contributed by atoms with Crippen molar-refractivity contribution in [3.05, 3.63) is 65.4 Å². The molecule has 1 atom stereocenters. The number of carbonyl (C=O) groups is 2. The van der Waals surface area contributed by atoms with Gasteiger partial charge < -0.3 is 9.88 Å². The van der Waals surface area contributed by atoms with E-state index >= 15 is 0 Å². The second kappa shape index (κ2) is 5.34. The van der Waals surface area contributed by atoms with Crippen LogP contribution in [0.25, 0.3) is 10.9 Å². The Kier molecular flexibility index (Phi) is 3.27. The molecule has 0 saturated carbocycles. The number of aryl methyl sites for hydroxylation is 1. The van der Waals surface area contributed by atoms with E-state index in [1.54, 1.807) is 4.90 Å². The van der Waals surface area contributed by atoms with Gasteiger partial charge in [0.2, 0.25) is 0 Å². The second-order valence-electron chi connectivity index (χ2n) is 6.36. The third-order valence-electron chi connectivity index (χ3n) is 4.74. The number of fused-ring (bicyclic) bond motifs is 2. The Morgan fingerprint density at radius 2 is 1.79 bits per heavy atom. The van der Waals surface area contributed by atoms with Crippen molar-refractivity contribution in [2.45, 2.75) is 26.3 Å². The molecule has 1 aliphatic heterocycles. The minimum atomic E-state index is -0.458. The first-order valence-corrected chi connectivity index (χ1v) is 8.11. The molecule has 2 heterocycles. The average Bonchev–Trinajstić information content (AvgIpc) is 3.08. The predicted octanol–water partition coefficient (Wildman–Crippen LogP) is 3.64. The van der Waals surface area contributed by atoms with Crippen LogP contribution in [0, 0.1) is 6.92 Å². The highest BCUT2D eigenvalue weighted by molar-refractivity contribution is 6.49. The van der Waals surface area contributed by atoms with Crippen LogP contribution in [-0.4, -0.2) is 22.7 Å². The molecule has 4 heteroatoms. The van der Waals surface area contributed by atoms with Crippen LogP contribution in [-0.2, 0) is 11.2 Å². The molecule has 4 rings (SSSR count). The maximum absolute atomic E-state index is 13.0. The second-order valence-corrected chi connectivity index (χ2v) is 6.36. The van der Waals surface area contributed by atoms with E-state index in [0.29, 0.717) is 5.56 Å². The van der Waals surface area contributed by atoms with Crippen LogP contribution in [0.4, 0.5) is 5.69 Å². The molecule has 3 aromatic rings. The summed E-state index contributed by atoms with van der Waals surface area (Å²) in [5, 5.41) is 0.800. The summed E-state index contributed by atoms with van der Waals surface area (Å²) in [5.41, 5.74) is 4.05. The zero-order chi connectivity index (χ0) is 16.8. The Morgan fingerprint density at radius 1 is 1.08 bits per heavy atom. The standard InChI is InChI=1S/C20H18N2O2/c1-12-11-14-7-3-6-10-17(14)22(12)20(24)19(23)18-13(2)21-16-9-5-4-8-15(16)18/h3-10,12,21H,11H2,1-2H3/t12-/m0/s1. The fourth-order valence-electron chi connectivity index (χ4n) is 3.66. The average molecular weight is 318 g/mol. The Labute approximate surface area is 140 Å². The van der Waals surface area contributed by atoms with Gasteiger partial charge in [0.05, 0.1) is 5.56 Å². The lowest BCUT2D eigenvalue weighted by Gasteiger charge is -2.21. The van der Waals surface area contributed by atoms with E-state index in [1.807, 2.05) is 62.4 Å². The molecule has 0 bridgehead atoms. The van der Waals surface area contributed by atoms with Crippen LogP contribution in [0.5, 0.6) is 0 Å². The van der Waals surface area contributed by atoms with Crippen LogP contribution in [0.15, 0.2) is 48.5 Å². The molecule has 0 unspecified atom stereocenters. The van der Waals surface area contributed by atoms with Crippen LogP contribution in [0.2, 0.25) is 0 Å². The van der Waals surface area contributed by atoms with Gasteiger partial charge in [-0.05, 0) is 38.0 Å². The number of ketones is 1. The highest BCUT2D eigenvalue weighted by Crippen LogP contribution is 2.33. The van der Waals surface area contributed by atoms with Gasteiger partial charge in [-0.1, -0.05) is 36.4 Å². The van der Waals surface area contributed by atoms with Crippen molar-refractivity contribution in [3.8, 4) is 0 Å². The lowest BCUT2D eigenvalue weighted by atomic mass is 10.1. The van der Waals surface area contributed by atoms with Gasteiger partial charge >= 0.3 is 0 Å². The maximum atomic E-state index is 13.0. The van der Waals surface area contributed by atoms with Crippen molar-refractivity contribution in [2.24, 2.45) is 0 Å². The Morgan fingerprint density at radius 3 is 2.62 bits per heavy atom. The number of hydrogen-bond acceptors (Lipinski definition) is 2.